The molecule has 6 rings (SSSR count). The van der Waals surface area contributed by atoms with Crippen molar-refractivity contribution in [2.45, 2.75) is 27.6 Å². The molecule has 0 aromatic heterocycles. The average Bonchev–Trinajstić information content (AvgIpc) is 3.59. The van der Waals surface area contributed by atoms with Gasteiger partial charge in [-0.15, -0.1) is 0 Å². The molecule has 2 unspecified atom stereocenters. The average molecular weight is 613 g/mol. The van der Waals surface area contributed by atoms with Crippen LogP contribution in [0.5, 0.6) is 11.5 Å². The van der Waals surface area contributed by atoms with E-state index >= 15 is 26.3 Å². The van der Waals surface area contributed by atoms with Crippen LogP contribution in [0.3, 0.4) is 0 Å². The van der Waals surface area contributed by atoms with E-state index in [9.17, 15) is 0 Å². The van der Waals surface area contributed by atoms with Gasteiger partial charge in [0.25, 0.3) is 0 Å². The monoisotopic (exact) mass is 612 g/mol. The molecule has 1 fully saturated rings. The molecular weight excluding hydrogens is 590 g/mol. The van der Waals surface area contributed by atoms with E-state index in [0.717, 1.165) is 23.5 Å². The van der Waals surface area contributed by atoms with Crippen LogP contribution in [0.4, 0.5) is 26.3 Å². The fourth-order valence-electron chi connectivity index (χ4n) is 5.69. The van der Waals surface area contributed by atoms with Crippen LogP contribution in [-0.4, -0.2) is 56.1 Å². The summed E-state index contributed by atoms with van der Waals surface area (Å²) >= 11 is 1.89. The van der Waals surface area contributed by atoms with Gasteiger partial charge < -0.3 is 18.9 Å². The highest BCUT2D eigenvalue weighted by atomic mass is 32.2. The molecule has 0 spiro atoms. The van der Waals surface area contributed by atoms with Crippen molar-refractivity contribution in [2.24, 2.45) is 0 Å². The second kappa shape index (κ2) is 9.10. The highest BCUT2D eigenvalue weighted by molar-refractivity contribution is 8.14. The summed E-state index contributed by atoms with van der Waals surface area (Å²) < 4.78 is 115. The van der Waals surface area contributed by atoms with E-state index in [1.165, 1.54) is 40.6 Å². The summed E-state index contributed by atoms with van der Waals surface area (Å²) in [6.07, 6.45) is 2.44. The van der Waals surface area contributed by atoms with E-state index in [2.05, 4.69) is 0 Å². The van der Waals surface area contributed by atoms with Crippen LogP contribution in [0.15, 0.2) is 83.0 Å². The first kappa shape index (κ1) is 28.3. The summed E-state index contributed by atoms with van der Waals surface area (Å²) in [6, 6.07) is 13.1. The standard InChI is InChI=1S/C29H22F6O4S2/c1-36-17-9-5-15(6-10-17)21-13-19-23-24(26(32,33)29(34,35)25(23,30)31)20-14-22(16-7-11-18(37-2)12-8-16)41-28(20,39-4)27(19,38-3)40-21/h5-14H,1-4H3. The molecule has 0 radical (unpaired) electrons. The quantitative estimate of drug-likeness (QED) is 0.310. The van der Waals surface area contributed by atoms with Crippen LogP contribution < -0.4 is 9.47 Å². The van der Waals surface area contributed by atoms with Gasteiger partial charge in [-0.25, -0.2) is 0 Å². The Morgan fingerprint density at radius 1 is 0.537 bits per heavy atom. The van der Waals surface area contributed by atoms with Gasteiger partial charge in [0.15, 0.2) is 9.87 Å². The van der Waals surface area contributed by atoms with Crippen LogP contribution >= 0.6 is 23.5 Å². The summed E-state index contributed by atoms with van der Waals surface area (Å²) in [7, 11) is 5.39. The zero-order valence-corrected chi connectivity index (χ0v) is 23.6. The third-order valence-corrected chi connectivity index (χ3v) is 10.9. The molecule has 0 amide bonds. The van der Waals surface area contributed by atoms with Gasteiger partial charge in [-0.05, 0) is 47.5 Å². The molecule has 2 aromatic rings. The minimum atomic E-state index is -5.70. The fourth-order valence-corrected chi connectivity index (χ4v) is 8.79. The Morgan fingerprint density at radius 2 is 0.878 bits per heavy atom. The van der Waals surface area contributed by atoms with Crippen molar-refractivity contribution < 1.29 is 45.3 Å². The van der Waals surface area contributed by atoms with Crippen LogP contribution in [0, 0.1) is 0 Å². The molecule has 2 aromatic carbocycles. The molecule has 1 saturated carbocycles. The van der Waals surface area contributed by atoms with Gasteiger partial charge >= 0.3 is 17.8 Å². The molecular formula is C29H22F6O4S2. The first-order chi connectivity index (χ1) is 19.3. The number of thioether (sulfide) groups is 2. The van der Waals surface area contributed by atoms with Crippen molar-refractivity contribution in [3.8, 4) is 11.5 Å². The van der Waals surface area contributed by atoms with Crippen molar-refractivity contribution in [1.82, 2.24) is 0 Å². The van der Waals surface area contributed by atoms with Gasteiger partial charge in [-0.2, -0.15) is 26.3 Å². The number of hydrogen-bond donors (Lipinski definition) is 0. The van der Waals surface area contributed by atoms with Crippen molar-refractivity contribution in [1.29, 1.82) is 0 Å². The van der Waals surface area contributed by atoms with Crippen molar-refractivity contribution in [2.75, 3.05) is 28.4 Å². The maximum Gasteiger partial charge on any atom is 0.380 e. The summed E-state index contributed by atoms with van der Waals surface area (Å²) in [6.45, 7) is 0. The maximum atomic E-state index is 15.6. The van der Waals surface area contributed by atoms with Gasteiger partial charge in [0, 0.05) is 46.3 Å². The number of allylic oxidation sites excluding steroid dienone is 2. The predicted molar refractivity (Wildman–Crippen MR) is 145 cm³/mol. The topological polar surface area (TPSA) is 36.9 Å². The summed E-state index contributed by atoms with van der Waals surface area (Å²) in [5.74, 6) is -15.0. The Balaban J connectivity index is 1.65. The lowest BCUT2D eigenvalue weighted by atomic mass is 9.80. The van der Waals surface area contributed by atoms with Crippen molar-refractivity contribution in [3.63, 3.8) is 0 Å². The number of ether oxygens (including phenoxy) is 4. The highest BCUT2D eigenvalue weighted by Gasteiger charge is 2.85. The number of benzene rings is 2. The number of hydrogen-bond acceptors (Lipinski definition) is 6. The Kier molecular flexibility index (Phi) is 6.29. The number of fused-ring (bicyclic) bond motifs is 4. The first-order valence-electron chi connectivity index (χ1n) is 12.2. The van der Waals surface area contributed by atoms with E-state index < -0.39 is 49.9 Å². The SMILES string of the molecule is COc1ccc(C2=CC3=C4C(=C5C=C(c6ccc(OC)cc6)SC5(OC)C3(OC)S2)C(F)(F)C(F)(F)C4(F)F)cc1. The molecule has 216 valence electrons. The zero-order valence-electron chi connectivity index (χ0n) is 22.0. The molecule has 2 aliphatic heterocycles. The lowest BCUT2D eigenvalue weighted by molar-refractivity contribution is -0.258. The van der Waals surface area contributed by atoms with E-state index in [1.54, 1.807) is 48.5 Å². The zero-order chi connectivity index (χ0) is 29.6. The van der Waals surface area contributed by atoms with Gasteiger partial charge in [0.1, 0.15) is 11.5 Å². The van der Waals surface area contributed by atoms with E-state index in [0.29, 0.717) is 32.4 Å². The number of rotatable bonds is 6. The smallest absolute Gasteiger partial charge is 0.380 e. The van der Waals surface area contributed by atoms with E-state index in [1.807, 2.05) is 0 Å². The van der Waals surface area contributed by atoms with Gasteiger partial charge in [-0.3, -0.25) is 0 Å². The van der Waals surface area contributed by atoms with Gasteiger partial charge in [0.05, 0.1) is 14.2 Å². The van der Waals surface area contributed by atoms with Crippen LogP contribution in [0.2, 0.25) is 0 Å². The molecule has 2 atom stereocenters. The lowest BCUT2D eigenvalue weighted by Gasteiger charge is -2.48. The van der Waals surface area contributed by atoms with Crippen LogP contribution in [-0.2, 0) is 9.47 Å². The van der Waals surface area contributed by atoms with Gasteiger partial charge in [-0.1, -0.05) is 47.8 Å². The molecule has 2 heterocycles. The first-order valence-corrected chi connectivity index (χ1v) is 13.8. The lowest BCUT2D eigenvalue weighted by Crippen LogP contribution is -2.55. The van der Waals surface area contributed by atoms with Crippen LogP contribution in [0.25, 0.3) is 9.81 Å². The summed E-state index contributed by atoms with van der Waals surface area (Å²) in [5.41, 5.74) is -2.82. The predicted octanol–water partition coefficient (Wildman–Crippen LogP) is 7.79. The molecule has 12 heteroatoms. The van der Waals surface area contributed by atoms with E-state index in [4.69, 9.17) is 18.9 Å². The van der Waals surface area contributed by atoms with Crippen molar-refractivity contribution in [3.05, 3.63) is 94.1 Å². The van der Waals surface area contributed by atoms with Crippen molar-refractivity contribution >= 4 is 33.3 Å². The normalized spacial score (nSPS) is 28.6. The molecule has 4 nitrogen and oxygen atoms in total. The molecule has 41 heavy (non-hydrogen) atoms. The molecule has 4 aliphatic rings. The van der Waals surface area contributed by atoms with Gasteiger partial charge in [0.2, 0.25) is 0 Å². The Labute approximate surface area is 240 Å². The molecule has 2 aliphatic carbocycles. The highest BCUT2D eigenvalue weighted by Crippen LogP contribution is 2.75. The van der Waals surface area contributed by atoms with E-state index in [-0.39, 0.29) is 0 Å². The number of alkyl halides is 6. The second-order valence-corrected chi connectivity index (χ2v) is 12.1. The minimum Gasteiger partial charge on any atom is -0.497 e. The largest absolute Gasteiger partial charge is 0.497 e. The summed E-state index contributed by atoms with van der Waals surface area (Å²) in [4.78, 5) is -3.16. The third-order valence-electron chi connectivity index (χ3n) is 7.73. The molecule has 0 N–H and O–H groups in total. The minimum absolute atomic E-state index is 0.349. The number of methoxy groups -OCH3 is 4. The molecule has 0 saturated heterocycles. The number of halogens is 6. The second-order valence-electron chi connectivity index (χ2n) is 9.62. The van der Waals surface area contributed by atoms with Crippen LogP contribution in [0.1, 0.15) is 11.1 Å². The fraction of sp³-hybridized carbons (Fsp3) is 0.310. The maximum absolute atomic E-state index is 15.6. The third kappa shape index (κ3) is 3.41. The Hall–Kier alpha value is -2.80. The Bertz CT molecular complexity index is 1450. The summed E-state index contributed by atoms with van der Waals surface area (Å²) in [5, 5.41) is 0. The molecule has 0 bridgehead atoms. The Morgan fingerprint density at radius 3 is 1.17 bits per heavy atom.